The quantitative estimate of drug-likeness (QED) is 0.381. The molecule has 0 N–H and O–H groups in total. The van der Waals surface area contributed by atoms with Gasteiger partial charge in [0.15, 0.2) is 0 Å². The molecule has 0 heterocycles. The Balaban J connectivity index is 1.49. The number of hydrogen-bond acceptors (Lipinski definition) is 1. The van der Waals surface area contributed by atoms with Gasteiger partial charge < -0.3 is 0 Å². The summed E-state index contributed by atoms with van der Waals surface area (Å²) in [6.45, 7) is 4.56. The predicted molar refractivity (Wildman–Crippen MR) is 111 cm³/mol. The van der Waals surface area contributed by atoms with Gasteiger partial charge in [0.25, 0.3) is 0 Å². The summed E-state index contributed by atoms with van der Waals surface area (Å²) < 4.78 is 0. The Labute approximate surface area is 163 Å². The van der Waals surface area contributed by atoms with Gasteiger partial charge in [-0.2, -0.15) is 5.26 Å². The van der Waals surface area contributed by atoms with Crippen LogP contribution in [-0.4, -0.2) is 0 Å². The molecule has 0 aromatic carbocycles. The van der Waals surface area contributed by atoms with Gasteiger partial charge in [-0.05, 0) is 93.8 Å². The fraction of sp³-hybridized carbons (Fsp3) is 0.960. The number of unbranched alkanes of at least 4 members (excludes halogenated alkanes) is 4. The van der Waals surface area contributed by atoms with Gasteiger partial charge in [0.2, 0.25) is 0 Å². The Bertz CT molecular complexity index is 452. The van der Waals surface area contributed by atoms with E-state index in [2.05, 4.69) is 19.9 Å². The standard InChI is InChI=1S/C25H43N/c1-3-5-6-7-8-12-23-15-18-25(19-16-23,20-17-23)22-9-13-24(21-26,11-4-2)14-10-22/h22H,3-20H2,1-2H3/t22-,23?,24-,25?. The van der Waals surface area contributed by atoms with Crippen LogP contribution in [0.15, 0.2) is 0 Å². The second kappa shape index (κ2) is 8.67. The highest BCUT2D eigenvalue weighted by molar-refractivity contribution is 5.07. The van der Waals surface area contributed by atoms with Crippen molar-refractivity contribution in [2.24, 2.45) is 22.2 Å². The molecule has 4 fully saturated rings. The molecule has 1 heteroatoms. The summed E-state index contributed by atoms with van der Waals surface area (Å²) in [6.07, 6.45) is 25.2. The lowest BCUT2D eigenvalue weighted by Crippen LogP contribution is -2.47. The highest BCUT2D eigenvalue weighted by Crippen LogP contribution is 2.64. The van der Waals surface area contributed by atoms with Crippen molar-refractivity contribution in [1.82, 2.24) is 0 Å². The van der Waals surface area contributed by atoms with Gasteiger partial charge in [-0.25, -0.2) is 0 Å². The van der Waals surface area contributed by atoms with Crippen LogP contribution < -0.4 is 0 Å². The Hall–Kier alpha value is -0.510. The highest BCUT2D eigenvalue weighted by atomic mass is 14.6. The Morgan fingerprint density at radius 1 is 0.731 bits per heavy atom. The molecule has 148 valence electrons. The van der Waals surface area contributed by atoms with Crippen LogP contribution >= 0.6 is 0 Å². The molecule has 4 aliphatic carbocycles. The van der Waals surface area contributed by atoms with Crippen LogP contribution in [0.5, 0.6) is 0 Å². The minimum atomic E-state index is 0.0352. The summed E-state index contributed by atoms with van der Waals surface area (Å²) >= 11 is 0. The van der Waals surface area contributed by atoms with E-state index in [1.54, 1.807) is 0 Å². The van der Waals surface area contributed by atoms with Gasteiger partial charge in [0.1, 0.15) is 0 Å². The van der Waals surface area contributed by atoms with Crippen molar-refractivity contribution in [2.75, 3.05) is 0 Å². The average molecular weight is 358 g/mol. The first-order valence-electron chi connectivity index (χ1n) is 12.0. The second-order valence-electron chi connectivity index (χ2n) is 10.4. The van der Waals surface area contributed by atoms with Crippen LogP contribution in [0.3, 0.4) is 0 Å². The third-order valence-electron chi connectivity index (χ3n) is 9.04. The van der Waals surface area contributed by atoms with Crippen molar-refractivity contribution < 1.29 is 0 Å². The van der Waals surface area contributed by atoms with E-state index < -0.39 is 0 Å². The van der Waals surface area contributed by atoms with Gasteiger partial charge in [-0.3, -0.25) is 0 Å². The number of hydrogen-bond donors (Lipinski definition) is 0. The minimum Gasteiger partial charge on any atom is -0.198 e. The lowest BCUT2D eigenvalue weighted by atomic mass is 9.47. The van der Waals surface area contributed by atoms with E-state index >= 15 is 0 Å². The molecule has 4 aliphatic rings. The van der Waals surface area contributed by atoms with E-state index in [9.17, 15) is 5.26 Å². The van der Waals surface area contributed by atoms with E-state index in [1.807, 2.05) is 0 Å². The van der Waals surface area contributed by atoms with Crippen molar-refractivity contribution in [3.63, 3.8) is 0 Å². The summed E-state index contributed by atoms with van der Waals surface area (Å²) in [5, 5.41) is 9.72. The molecule has 1 nitrogen and oxygen atoms in total. The third kappa shape index (κ3) is 4.15. The van der Waals surface area contributed by atoms with Crippen LogP contribution in [0.25, 0.3) is 0 Å². The van der Waals surface area contributed by atoms with Crippen molar-refractivity contribution in [1.29, 1.82) is 5.26 Å². The fourth-order valence-corrected chi connectivity index (χ4v) is 7.06. The third-order valence-corrected chi connectivity index (χ3v) is 9.04. The predicted octanol–water partition coefficient (Wildman–Crippen LogP) is 8.19. The normalized spacial score (nSPS) is 39.7. The maximum Gasteiger partial charge on any atom is 0.0689 e. The van der Waals surface area contributed by atoms with Gasteiger partial charge in [0.05, 0.1) is 11.5 Å². The van der Waals surface area contributed by atoms with Crippen molar-refractivity contribution in [3.05, 3.63) is 0 Å². The molecule has 0 aliphatic heterocycles. The van der Waals surface area contributed by atoms with Crippen LogP contribution in [0.1, 0.15) is 129 Å². The zero-order chi connectivity index (χ0) is 18.5. The van der Waals surface area contributed by atoms with Gasteiger partial charge in [0, 0.05) is 0 Å². The lowest BCUT2D eigenvalue weighted by Gasteiger charge is -2.58. The largest absolute Gasteiger partial charge is 0.198 e. The zero-order valence-corrected chi connectivity index (χ0v) is 17.8. The number of nitriles is 1. The molecule has 0 radical (unpaired) electrons. The van der Waals surface area contributed by atoms with Gasteiger partial charge in [-0.15, -0.1) is 0 Å². The topological polar surface area (TPSA) is 23.8 Å². The lowest BCUT2D eigenvalue weighted by molar-refractivity contribution is -0.0689. The van der Waals surface area contributed by atoms with Crippen molar-refractivity contribution in [2.45, 2.75) is 129 Å². The first-order valence-corrected chi connectivity index (χ1v) is 12.0. The number of nitrogens with zero attached hydrogens (tertiary/aromatic N) is 1. The van der Waals surface area contributed by atoms with Crippen LogP contribution in [0.4, 0.5) is 0 Å². The molecule has 0 spiro atoms. The van der Waals surface area contributed by atoms with E-state index in [-0.39, 0.29) is 5.41 Å². The summed E-state index contributed by atoms with van der Waals surface area (Å²) in [7, 11) is 0. The van der Waals surface area contributed by atoms with Crippen LogP contribution in [0, 0.1) is 33.5 Å². The van der Waals surface area contributed by atoms with E-state index in [1.165, 1.54) is 109 Å². The van der Waals surface area contributed by atoms with E-state index in [0.717, 1.165) is 17.8 Å². The number of fused-ring (bicyclic) bond motifs is 3. The van der Waals surface area contributed by atoms with Gasteiger partial charge >= 0.3 is 0 Å². The zero-order valence-electron chi connectivity index (χ0n) is 17.8. The van der Waals surface area contributed by atoms with Crippen molar-refractivity contribution in [3.8, 4) is 6.07 Å². The molecule has 0 atom stereocenters. The maximum absolute atomic E-state index is 9.72. The Kier molecular flexibility index (Phi) is 6.74. The summed E-state index contributed by atoms with van der Waals surface area (Å²) in [4.78, 5) is 0. The molecular weight excluding hydrogens is 314 g/mol. The first-order chi connectivity index (χ1) is 12.6. The summed E-state index contributed by atoms with van der Waals surface area (Å²) in [6, 6.07) is 2.73. The monoisotopic (exact) mass is 357 g/mol. The molecule has 26 heavy (non-hydrogen) atoms. The van der Waals surface area contributed by atoms with E-state index in [0.29, 0.717) is 5.41 Å². The summed E-state index contributed by atoms with van der Waals surface area (Å²) in [5.41, 5.74) is 1.45. The highest BCUT2D eigenvalue weighted by Gasteiger charge is 2.52. The van der Waals surface area contributed by atoms with Crippen molar-refractivity contribution >= 4 is 0 Å². The molecule has 0 aromatic heterocycles. The van der Waals surface area contributed by atoms with Crippen LogP contribution in [0.2, 0.25) is 0 Å². The van der Waals surface area contributed by atoms with Gasteiger partial charge in [-0.1, -0.05) is 52.4 Å². The van der Waals surface area contributed by atoms with E-state index in [4.69, 9.17) is 0 Å². The number of rotatable bonds is 9. The molecule has 4 saturated carbocycles. The Morgan fingerprint density at radius 3 is 1.88 bits per heavy atom. The SMILES string of the molecule is CCCCCCCC12CCC([C@H]3CC[C@@](C#N)(CCC)CC3)(CC1)CC2. The second-order valence-corrected chi connectivity index (χ2v) is 10.4. The molecule has 0 unspecified atom stereocenters. The molecular formula is C25H43N. The fourth-order valence-electron chi connectivity index (χ4n) is 7.06. The average Bonchev–Trinajstić information content (AvgIpc) is 2.70. The molecule has 4 rings (SSSR count). The summed E-state index contributed by atoms with van der Waals surface area (Å²) in [5.74, 6) is 0.934. The molecule has 0 aromatic rings. The molecule has 0 amide bonds. The minimum absolute atomic E-state index is 0.0352. The maximum atomic E-state index is 9.72. The Morgan fingerprint density at radius 2 is 1.35 bits per heavy atom. The molecule has 2 bridgehead atoms. The smallest absolute Gasteiger partial charge is 0.0689 e. The van der Waals surface area contributed by atoms with Crippen LogP contribution in [-0.2, 0) is 0 Å². The first kappa shape index (κ1) is 20.2. The molecule has 0 saturated heterocycles.